The van der Waals surface area contributed by atoms with Crippen LogP contribution in [0.4, 0.5) is 4.39 Å². The van der Waals surface area contributed by atoms with E-state index in [1.54, 1.807) is 27.9 Å². The number of nitrogens with zero attached hydrogens (tertiary/aromatic N) is 6. The van der Waals surface area contributed by atoms with Crippen LogP contribution in [0.2, 0.25) is 0 Å². The quantitative estimate of drug-likeness (QED) is 0.460. The number of carbonyl (C=O) groups is 1. The van der Waals surface area contributed by atoms with Gasteiger partial charge in [0.2, 0.25) is 0 Å². The number of benzene rings is 2. The number of hydrogen-bond donors (Lipinski definition) is 0. The molecule has 1 aliphatic heterocycles. The van der Waals surface area contributed by atoms with Crippen LogP contribution in [0.15, 0.2) is 85.3 Å². The molecule has 1 unspecified atom stereocenters. The Labute approximate surface area is 196 Å². The molecule has 7 nitrogen and oxygen atoms in total. The molecule has 2 aromatic heterocycles. The van der Waals surface area contributed by atoms with Crippen LogP contribution in [-0.4, -0.2) is 56.2 Å². The van der Waals surface area contributed by atoms with E-state index >= 15 is 0 Å². The maximum atomic E-state index is 13.5. The zero-order chi connectivity index (χ0) is 23.5. The van der Waals surface area contributed by atoms with Gasteiger partial charge < -0.3 is 9.47 Å². The molecule has 0 spiro atoms. The molecule has 1 fully saturated rings. The van der Waals surface area contributed by atoms with Gasteiger partial charge in [-0.1, -0.05) is 30.3 Å². The Morgan fingerprint density at radius 3 is 2.26 bits per heavy atom. The predicted octanol–water partition coefficient (Wildman–Crippen LogP) is 3.82. The van der Waals surface area contributed by atoms with Gasteiger partial charge in [-0.05, 0) is 42.0 Å². The summed E-state index contributed by atoms with van der Waals surface area (Å²) in [5, 5.41) is 14.2. The molecule has 1 aliphatic rings. The molecule has 170 valence electrons. The molecule has 0 bridgehead atoms. The number of hydrogen-bond acceptors (Lipinski definition) is 4. The lowest BCUT2D eigenvalue weighted by atomic mass is 10.1. The maximum absolute atomic E-state index is 13.5. The Hall–Kier alpha value is -4.22. The van der Waals surface area contributed by atoms with E-state index in [9.17, 15) is 14.4 Å². The lowest BCUT2D eigenvalue weighted by Gasteiger charge is -2.37. The summed E-state index contributed by atoms with van der Waals surface area (Å²) in [5.74, 6) is 0.145. The topological polar surface area (TPSA) is 70.1 Å². The van der Waals surface area contributed by atoms with E-state index in [2.05, 4.69) is 16.1 Å². The van der Waals surface area contributed by atoms with Crippen molar-refractivity contribution in [3.63, 3.8) is 0 Å². The number of carbonyl (C=O) groups excluding carboxylic acids is 1. The summed E-state index contributed by atoms with van der Waals surface area (Å²) in [6.07, 6.45) is 5.27. The highest BCUT2D eigenvalue weighted by Gasteiger charge is 2.30. The Balaban J connectivity index is 1.38. The van der Waals surface area contributed by atoms with Gasteiger partial charge in [0.05, 0.1) is 18.0 Å². The summed E-state index contributed by atoms with van der Waals surface area (Å²) in [7, 11) is 0. The van der Waals surface area contributed by atoms with Gasteiger partial charge in [0, 0.05) is 38.6 Å². The van der Waals surface area contributed by atoms with Gasteiger partial charge in [-0.2, -0.15) is 10.4 Å². The fourth-order valence-electron chi connectivity index (χ4n) is 4.34. The molecule has 0 aliphatic carbocycles. The van der Waals surface area contributed by atoms with Crippen LogP contribution in [0.3, 0.4) is 0 Å². The Kier molecular flexibility index (Phi) is 5.93. The molecule has 1 atom stereocenters. The van der Waals surface area contributed by atoms with E-state index in [1.807, 2.05) is 59.4 Å². The van der Waals surface area contributed by atoms with Gasteiger partial charge in [0.25, 0.3) is 5.91 Å². The molecule has 1 amide bonds. The van der Waals surface area contributed by atoms with Crippen molar-refractivity contribution in [3.8, 4) is 17.6 Å². The normalized spacial score (nSPS) is 15.1. The van der Waals surface area contributed by atoms with Gasteiger partial charge in [-0.3, -0.25) is 9.69 Å². The van der Waals surface area contributed by atoms with Crippen molar-refractivity contribution >= 4 is 5.91 Å². The summed E-state index contributed by atoms with van der Waals surface area (Å²) in [4.78, 5) is 17.5. The minimum atomic E-state index is -0.338. The van der Waals surface area contributed by atoms with Gasteiger partial charge in [0.15, 0.2) is 5.82 Å². The zero-order valence-corrected chi connectivity index (χ0v) is 18.5. The minimum absolute atomic E-state index is 0.120. The molecule has 1 saturated heterocycles. The van der Waals surface area contributed by atoms with Gasteiger partial charge >= 0.3 is 0 Å². The van der Waals surface area contributed by atoms with E-state index < -0.39 is 0 Å². The third-order valence-electron chi connectivity index (χ3n) is 6.10. The van der Waals surface area contributed by atoms with Gasteiger partial charge in [0.1, 0.15) is 17.4 Å². The minimum Gasteiger partial charge on any atom is -0.336 e. The first-order valence-corrected chi connectivity index (χ1v) is 11.1. The third-order valence-corrected chi connectivity index (χ3v) is 6.10. The van der Waals surface area contributed by atoms with Crippen LogP contribution in [0.1, 0.15) is 22.0 Å². The fourth-order valence-corrected chi connectivity index (χ4v) is 4.34. The lowest BCUT2D eigenvalue weighted by molar-refractivity contribution is 0.0606. The second-order valence-electron chi connectivity index (χ2n) is 8.13. The van der Waals surface area contributed by atoms with Crippen molar-refractivity contribution in [2.24, 2.45) is 0 Å². The Bertz CT molecular complexity index is 1300. The highest BCUT2D eigenvalue weighted by Crippen LogP contribution is 2.25. The van der Waals surface area contributed by atoms with Crippen molar-refractivity contribution in [2.75, 3.05) is 26.2 Å². The van der Waals surface area contributed by atoms with Crippen molar-refractivity contribution in [2.45, 2.75) is 6.04 Å². The van der Waals surface area contributed by atoms with Crippen molar-refractivity contribution < 1.29 is 9.18 Å². The average molecular weight is 455 g/mol. The van der Waals surface area contributed by atoms with Crippen LogP contribution < -0.4 is 0 Å². The Morgan fingerprint density at radius 1 is 0.941 bits per heavy atom. The molecular weight excluding hydrogens is 431 g/mol. The zero-order valence-electron chi connectivity index (χ0n) is 18.5. The molecular formula is C26H23FN6O. The predicted molar refractivity (Wildman–Crippen MR) is 125 cm³/mol. The monoisotopic (exact) mass is 454 g/mol. The largest absolute Gasteiger partial charge is 0.336 e. The molecule has 0 N–H and O–H groups in total. The fraction of sp³-hybridized carbons (Fsp3) is 0.192. The number of amides is 1. The van der Waals surface area contributed by atoms with Crippen molar-refractivity contribution in [1.29, 1.82) is 5.26 Å². The summed E-state index contributed by atoms with van der Waals surface area (Å²) in [6.45, 7) is 2.22. The molecule has 2 aromatic carbocycles. The van der Waals surface area contributed by atoms with E-state index in [0.29, 0.717) is 43.2 Å². The van der Waals surface area contributed by atoms with Crippen LogP contribution in [-0.2, 0) is 0 Å². The average Bonchev–Trinajstić information content (AvgIpc) is 3.56. The van der Waals surface area contributed by atoms with Crippen LogP contribution in [0.25, 0.3) is 11.5 Å². The number of nitriles is 1. The van der Waals surface area contributed by atoms with Gasteiger partial charge in [-0.15, -0.1) is 0 Å². The van der Waals surface area contributed by atoms with Crippen LogP contribution in [0, 0.1) is 17.1 Å². The first kappa shape index (κ1) is 21.6. The lowest BCUT2D eigenvalue weighted by Crippen LogP contribution is -2.49. The number of piperazine rings is 1. The number of aromatic nitrogens is 3. The van der Waals surface area contributed by atoms with E-state index in [0.717, 1.165) is 5.56 Å². The van der Waals surface area contributed by atoms with E-state index in [4.69, 9.17) is 0 Å². The molecule has 0 saturated carbocycles. The highest BCUT2D eigenvalue weighted by atomic mass is 19.1. The second kappa shape index (κ2) is 9.33. The first-order chi connectivity index (χ1) is 16.7. The van der Waals surface area contributed by atoms with E-state index in [-0.39, 0.29) is 17.8 Å². The SMILES string of the molecule is N#CC(c1ccccc1)N1CCN(C(=O)c2cnn(-c3ccc(F)cc3)c2-n2cccc2)CC1. The maximum Gasteiger partial charge on any atom is 0.259 e. The standard InChI is InChI=1S/C26H23FN6O/c27-21-8-10-22(11-9-21)33-25(31-12-4-5-13-31)23(19-29-33)26(34)32-16-14-30(15-17-32)24(18-28)20-6-2-1-3-7-20/h1-13,19,24H,14-17H2. The summed E-state index contributed by atoms with van der Waals surface area (Å²) in [5.41, 5.74) is 2.09. The van der Waals surface area contributed by atoms with Crippen molar-refractivity contribution in [1.82, 2.24) is 24.1 Å². The summed E-state index contributed by atoms with van der Waals surface area (Å²) < 4.78 is 16.9. The van der Waals surface area contributed by atoms with Crippen molar-refractivity contribution in [3.05, 3.63) is 102 Å². The highest BCUT2D eigenvalue weighted by molar-refractivity contribution is 5.97. The summed E-state index contributed by atoms with van der Waals surface area (Å²) in [6, 6.07) is 21.5. The molecule has 4 aromatic rings. The third kappa shape index (κ3) is 4.09. The van der Waals surface area contributed by atoms with Gasteiger partial charge in [-0.25, -0.2) is 9.07 Å². The Morgan fingerprint density at radius 2 is 1.62 bits per heavy atom. The smallest absolute Gasteiger partial charge is 0.259 e. The second-order valence-corrected chi connectivity index (χ2v) is 8.13. The molecule has 0 radical (unpaired) electrons. The number of rotatable bonds is 5. The first-order valence-electron chi connectivity index (χ1n) is 11.1. The van der Waals surface area contributed by atoms with E-state index in [1.165, 1.54) is 12.1 Å². The molecule has 3 heterocycles. The number of halogens is 1. The molecule has 34 heavy (non-hydrogen) atoms. The summed E-state index contributed by atoms with van der Waals surface area (Å²) >= 11 is 0. The van der Waals surface area contributed by atoms with Crippen LogP contribution in [0.5, 0.6) is 0 Å². The molecule has 5 rings (SSSR count). The molecule has 8 heteroatoms. The van der Waals surface area contributed by atoms with Crippen LogP contribution >= 0.6 is 0 Å².